The van der Waals surface area contributed by atoms with Gasteiger partial charge in [0.1, 0.15) is 5.75 Å². The summed E-state index contributed by atoms with van der Waals surface area (Å²) in [6.45, 7) is -0.481. The molecule has 0 saturated carbocycles. The molecule has 0 saturated heterocycles. The SMILES string of the molecule is COP(=O)([O-])COC(=O)COc1ccc(Cl)cc1Cl.[Li+]. The minimum atomic E-state index is -4.13. The third-order valence-corrected chi connectivity index (χ3v) is 3.43. The van der Waals surface area contributed by atoms with E-state index in [1.165, 1.54) is 18.2 Å². The summed E-state index contributed by atoms with van der Waals surface area (Å²) < 4.78 is 24.6. The molecule has 1 unspecified atom stereocenters. The molecule has 1 aromatic rings. The molecule has 6 nitrogen and oxygen atoms in total. The first kappa shape index (κ1) is 19.8. The van der Waals surface area contributed by atoms with Gasteiger partial charge in [0.25, 0.3) is 0 Å². The van der Waals surface area contributed by atoms with E-state index in [0.717, 1.165) is 7.11 Å². The molecular formula is C10H10Cl2LiO6P. The van der Waals surface area contributed by atoms with Crippen LogP contribution in [0.25, 0.3) is 0 Å². The van der Waals surface area contributed by atoms with Gasteiger partial charge in [-0.2, -0.15) is 0 Å². The first-order valence-electron chi connectivity index (χ1n) is 4.93. The Labute approximate surface area is 138 Å². The van der Waals surface area contributed by atoms with Crippen molar-refractivity contribution in [1.82, 2.24) is 0 Å². The van der Waals surface area contributed by atoms with Crippen LogP contribution >= 0.6 is 30.8 Å². The van der Waals surface area contributed by atoms with E-state index < -0.39 is 26.5 Å². The summed E-state index contributed by atoms with van der Waals surface area (Å²) in [6, 6.07) is 4.46. The Balaban J connectivity index is 0.00000361. The summed E-state index contributed by atoms with van der Waals surface area (Å²) in [4.78, 5) is 22.1. The number of benzene rings is 1. The second-order valence-corrected chi connectivity index (χ2v) is 5.99. The van der Waals surface area contributed by atoms with Crippen molar-refractivity contribution >= 4 is 36.8 Å². The van der Waals surface area contributed by atoms with Gasteiger partial charge in [-0.05, 0) is 18.2 Å². The molecule has 0 bridgehead atoms. The average Bonchev–Trinajstić information content (AvgIpc) is 2.35. The van der Waals surface area contributed by atoms with Crippen LogP contribution in [-0.2, 0) is 18.6 Å². The zero-order valence-electron chi connectivity index (χ0n) is 10.8. The minimum absolute atomic E-state index is 0. The van der Waals surface area contributed by atoms with Crippen molar-refractivity contribution < 1.29 is 47.1 Å². The number of carbonyl (C=O) groups excluding carboxylic acids is 1. The van der Waals surface area contributed by atoms with Crippen LogP contribution in [0.5, 0.6) is 5.75 Å². The van der Waals surface area contributed by atoms with Crippen molar-refractivity contribution in [1.29, 1.82) is 0 Å². The first-order chi connectivity index (χ1) is 8.84. The standard InChI is InChI=1S/C10H11Cl2O6P.Li/c1-16-19(14,15)6-18-10(13)5-17-9-3-2-7(11)4-8(9)12;/h2-4H,5-6H2,1H3,(H,14,15);/q;+1/p-1. The number of rotatable bonds is 6. The maximum Gasteiger partial charge on any atom is 1.00 e. The third-order valence-electron chi connectivity index (χ3n) is 1.90. The molecular weight excluding hydrogens is 325 g/mol. The second-order valence-electron chi connectivity index (χ2n) is 3.30. The van der Waals surface area contributed by atoms with E-state index in [1.807, 2.05) is 0 Å². The quantitative estimate of drug-likeness (QED) is 0.380. The number of halogens is 2. The zero-order valence-corrected chi connectivity index (χ0v) is 13.2. The summed E-state index contributed by atoms with van der Waals surface area (Å²) in [5.41, 5.74) is 0. The molecule has 0 amide bonds. The molecule has 20 heavy (non-hydrogen) atoms. The smallest absolute Gasteiger partial charge is 0.776 e. The Kier molecular flexibility index (Phi) is 8.88. The molecule has 1 atom stereocenters. The van der Waals surface area contributed by atoms with Crippen molar-refractivity contribution in [3.8, 4) is 5.75 Å². The predicted molar refractivity (Wildman–Crippen MR) is 67.5 cm³/mol. The van der Waals surface area contributed by atoms with Crippen molar-refractivity contribution in [3.05, 3.63) is 28.2 Å². The van der Waals surface area contributed by atoms with Gasteiger partial charge in [-0.25, -0.2) is 4.79 Å². The maximum absolute atomic E-state index is 11.2. The van der Waals surface area contributed by atoms with Crippen LogP contribution in [0.4, 0.5) is 0 Å². The maximum atomic E-state index is 11.2. The molecule has 0 aliphatic heterocycles. The molecule has 0 aliphatic rings. The number of carbonyl (C=O) groups is 1. The summed E-state index contributed by atoms with van der Waals surface area (Å²) in [7, 11) is -3.15. The number of ether oxygens (including phenoxy) is 2. The third kappa shape index (κ3) is 7.01. The van der Waals surface area contributed by atoms with E-state index in [1.54, 1.807) is 0 Å². The Hall–Kier alpha value is -0.183. The van der Waals surface area contributed by atoms with E-state index >= 15 is 0 Å². The summed E-state index contributed by atoms with van der Waals surface area (Å²) in [5, 5.41) is 0.652. The van der Waals surface area contributed by atoms with E-state index in [4.69, 9.17) is 27.9 Å². The van der Waals surface area contributed by atoms with Crippen molar-refractivity contribution in [2.75, 3.05) is 20.1 Å². The van der Waals surface area contributed by atoms with Crippen LogP contribution in [-0.4, -0.2) is 26.0 Å². The Morgan fingerprint density at radius 1 is 1.40 bits per heavy atom. The zero-order chi connectivity index (χ0) is 14.5. The van der Waals surface area contributed by atoms with Gasteiger partial charge in [0.05, 0.1) is 5.02 Å². The predicted octanol–water partition coefficient (Wildman–Crippen LogP) is -0.923. The summed E-state index contributed by atoms with van der Waals surface area (Å²) in [5.74, 6) is -0.626. The molecule has 0 N–H and O–H groups in total. The molecule has 1 rings (SSSR count). The van der Waals surface area contributed by atoms with Gasteiger partial charge in [-0.3, -0.25) is 0 Å². The van der Waals surface area contributed by atoms with Gasteiger partial charge >= 0.3 is 24.8 Å². The molecule has 0 fully saturated rings. The Morgan fingerprint density at radius 2 is 2.05 bits per heavy atom. The van der Waals surface area contributed by atoms with Gasteiger partial charge < -0.3 is 23.5 Å². The monoisotopic (exact) mass is 334 g/mol. The fourth-order valence-corrected chi connectivity index (χ4v) is 1.84. The van der Waals surface area contributed by atoms with E-state index in [-0.39, 0.29) is 29.6 Å². The fraction of sp³-hybridized carbons (Fsp3) is 0.300. The molecule has 0 aliphatic carbocycles. The second kappa shape index (κ2) is 8.96. The fourth-order valence-electron chi connectivity index (χ4n) is 0.974. The molecule has 106 valence electrons. The van der Waals surface area contributed by atoms with E-state index in [0.29, 0.717) is 5.02 Å². The van der Waals surface area contributed by atoms with Crippen LogP contribution in [0.1, 0.15) is 0 Å². The van der Waals surface area contributed by atoms with Gasteiger partial charge in [0.2, 0.25) is 0 Å². The van der Waals surface area contributed by atoms with Gasteiger partial charge in [-0.1, -0.05) is 23.2 Å². The molecule has 0 spiro atoms. The molecule has 1 aromatic carbocycles. The average molecular weight is 335 g/mol. The molecule has 10 heteroatoms. The van der Waals surface area contributed by atoms with Crippen molar-refractivity contribution in [2.24, 2.45) is 0 Å². The van der Waals surface area contributed by atoms with Crippen LogP contribution in [0.3, 0.4) is 0 Å². The number of hydrogen-bond acceptors (Lipinski definition) is 6. The minimum Gasteiger partial charge on any atom is -0.776 e. The van der Waals surface area contributed by atoms with Crippen LogP contribution in [0.15, 0.2) is 18.2 Å². The van der Waals surface area contributed by atoms with E-state index in [9.17, 15) is 14.3 Å². The van der Waals surface area contributed by atoms with Gasteiger partial charge in [0.15, 0.2) is 20.6 Å². The van der Waals surface area contributed by atoms with Crippen molar-refractivity contribution in [3.63, 3.8) is 0 Å². The topological polar surface area (TPSA) is 84.9 Å². The largest absolute Gasteiger partial charge is 1.00 e. The van der Waals surface area contributed by atoms with Gasteiger partial charge in [-0.15, -0.1) is 0 Å². The Bertz CT molecular complexity index is 513. The van der Waals surface area contributed by atoms with Crippen molar-refractivity contribution in [2.45, 2.75) is 0 Å². The van der Waals surface area contributed by atoms with Crippen LogP contribution < -0.4 is 28.5 Å². The van der Waals surface area contributed by atoms with Crippen LogP contribution in [0.2, 0.25) is 10.0 Å². The normalized spacial score (nSPS) is 13.0. The summed E-state index contributed by atoms with van der Waals surface area (Å²) >= 11 is 11.5. The molecule has 0 radical (unpaired) electrons. The number of hydrogen-bond donors (Lipinski definition) is 0. The molecule has 0 heterocycles. The van der Waals surface area contributed by atoms with Gasteiger partial charge in [0, 0.05) is 12.1 Å². The Morgan fingerprint density at radius 3 is 2.60 bits per heavy atom. The number of esters is 1. The van der Waals surface area contributed by atoms with E-state index in [2.05, 4.69) is 9.26 Å². The first-order valence-corrected chi connectivity index (χ1v) is 7.42. The molecule has 0 aromatic heterocycles. The summed E-state index contributed by atoms with van der Waals surface area (Å²) in [6.07, 6.45) is -0.847. The van der Waals surface area contributed by atoms with Crippen LogP contribution in [0, 0.1) is 0 Å².